The van der Waals surface area contributed by atoms with Gasteiger partial charge in [-0.2, -0.15) is 15.0 Å². The van der Waals surface area contributed by atoms with Crippen molar-refractivity contribution in [2.75, 3.05) is 37.0 Å². The fraction of sp³-hybridized carbons (Fsp3) is 0.562. The summed E-state index contributed by atoms with van der Waals surface area (Å²) in [6, 6.07) is 4.12. The van der Waals surface area contributed by atoms with Gasteiger partial charge in [0.25, 0.3) is 0 Å². The van der Waals surface area contributed by atoms with E-state index in [4.69, 9.17) is 4.74 Å². The zero-order valence-corrected chi connectivity index (χ0v) is 14.6. The zero-order chi connectivity index (χ0) is 16.8. The van der Waals surface area contributed by atoms with E-state index < -0.39 is 6.10 Å². The van der Waals surface area contributed by atoms with Gasteiger partial charge in [0, 0.05) is 24.5 Å². The van der Waals surface area contributed by atoms with Crippen LogP contribution in [0.15, 0.2) is 17.5 Å². The summed E-state index contributed by atoms with van der Waals surface area (Å²) in [4.78, 5) is 16.2. The number of methoxy groups -OCH3 is 1. The number of aliphatic hydroxyl groups is 1. The number of hydrogen-bond acceptors (Lipinski definition) is 8. The van der Waals surface area contributed by atoms with Gasteiger partial charge in [-0.15, -0.1) is 11.3 Å². The van der Waals surface area contributed by atoms with E-state index in [1.165, 1.54) is 24.2 Å². The van der Waals surface area contributed by atoms with Crippen LogP contribution >= 0.6 is 11.3 Å². The highest BCUT2D eigenvalue weighted by Crippen LogP contribution is 2.21. The van der Waals surface area contributed by atoms with Crippen LogP contribution in [0.1, 0.15) is 36.7 Å². The summed E-state index contributed by atoms with van der Waals surface area (Å²) in [5.41, 5.74) is 0. The van der Waals surface area contributed by atoms with Crippen LogP contribution in [0.25, 0.3) is 0 Å². The van der Waals surface area contributed by atoms with Gasteiger partial charge in [-0.25, -0.2) is 0 Å². The molecule has 0 saturated carbocycles. The second-order valence-electron chi connectivity index (χ2n) is 5.76. The molecule has 2 aromatic heterocycles. The first-order valence-electron chi connectivity index (χ1n) is 8.26. The van der Waals surface area contributed by atoms with Crippen molar-refractivity contribution in [2.45, 2.75) is 31.8 Å². The number of anilines is 2. The molecular weight excluding hydrogens is 326 g/mol. The van der Waals surface area contributed by atoms with Crippen molar-refractivity contribution in [3.8, 4) is 6.01 Å². The fourth-order valence-corrected chi connectivity index (χ4v) is 3.41. The van der Waals surface area contributed by atoms with Crippen LogP contribution in [0, 0.1) is 0 Å². The quantitative estimate of drug-likeness (QED) is 0.829. The summed E-state index contributed by atoms with van der Waals surface area (Å²) in [5, 5.41) is 15.2. The lowest BCUT2D eigenvalue weighted by Crippen LogP contribution is -2.27. The van der Waals surface area contributed by atoms with Crippen LogP contribution in [0.3, 0.4) is 0 Å². The van der Waals surface area contributed by atoms with Gasteiger partial charge < -0.3 is 20.1 Å². The second-order valence-corrected chi connectivity index (χ2v) is 6.74. The van der Waals surface area contributed by atoms with E-state index in [1.807, 2.05) is 17.5 Å². The molecule has 1 aliphatic heterocycles. The molecule has 7 nitrogen and oxygen atoms in total. The summed E-state index contributed by atoms with van der Waals surface area (Å²) in [6.45, 7) is 2.24. The third-order valence-corrected chi connectivity index (χ3v) is 4.97. The molecule has 1 atom stereocenters. The minimum atomic E-state index is -0.589. The highest BCUT2D eigenvalue weighted by Gasteiger charge is 2.16. The first kappa shape index (κ1) is 16.9. The van der Waals surface area contributed by atoms with Crippen LogP contribution in [0.2, 0.25) is 0 Å². The fourth-order valence-electron chi connectivity index (χ4n) is 2.70. The molecule has 3 heterocycles. The van der Waals surface area contributed by atoms with Crippen molar-refractivity contribution < 1.29 is 9.84 Å². The van der Waals surface area contributed by atoms with Crippen molar-refractivity contribution >= 4 is 23.2 Å². The smallest absolute Gasteiger partial charge is 0.322 e. The molecule has 24 heavy (non-hydrogen) atoms. The molecule has 1 saturated heterocycles. The van der Waals surface area contributed by atoms with Crippen molar-refractivity contribution in [3.63, 3.8) is 0 Å². The second kappa shape index (κ2) is 8.25. The van der Waals surface area contributed by atoms with Gasteiger partial charge in [0.15, 0.2) is 0 Å². The summed E-state index contributed by atoms with van der Waals surface area (Å²) >= 11 is 1.53. The minimum absolute atomic E-state index is 0.289. The molecule has 0 bridgehead atoms. The molecule has 3 rings (SSSR count). The monoisotopic (exact) mass is 349 g/mol. The van der Waals surface area contributed by atoms with E-state index in [1.54, 1.807) is 7.11 Å². The Labute approximate surface area is 145 Å². The molecule has 1 fully saturated rings. The molecule has 0 radical (unpaired) electrons. The minimum Gasteiger partial charge on any atom is -0.467 e. The Hall–Kier alpha value is -1.93. The summed E-state index contributed by atoms with van der Waals surface area (Å²) < 4.78 is 5.21. The number of aliphatic hydroxyl groups excluding tert-OH is 1. The van der Waals surface area contributed by atoms with Gasteiger partial charge >= 0.3 is 6.01 Å². The highest BCUT2D eigenvalue weighted by molar-refractivity contribution is 7.10. The van der Waals surface area contributed by atoms with Gasteiger partial charge in [0.1, 0.15) is 6.10 Å². The van der Waals surface area contributed by atoms with Crippen molar-refractivity contribution in [3.05, 3.63) is 22.4 Å². The maximum absolute atomic E-state index is 10.2. The molecule has 2 N–H and O–H groups in total. The Morgan fingerprint density at radius 3 is 2.71 bits per heavy atom. The number of rotatable bonds is 6. The number of hydrogen-bond donors (Lipinski definition) is 2. The van der Waals surface area contributed by atoms with E-state index in [9.17, 15) is 5.11 Å². The van der Waals surface area contributed by atoms with Crippen LogP contribution in [0.5, 0.6) is 6.01 Å². The zero-order valence-electron chi connectivity index (χ0n) is 13.8. The van der Waals surface area contributed by atoms with E-state index in [0.717, 1.165) is 30.8 Å². The van der Waals surface area contributed by atoms with Crippen LogP contribution < -0.4 is 15.0 Å². The van der Waals surface area contributed by atoms with Crippen LogP contribution in [0.4, 0.5) is 11.9 Å². The Morgan fingerprint density at radius 1 is 1.25 bits per heavy atom. The summed E-state index contributed by atoms with van der Waals surface area (Å²) in [5.74, 6) is 1.06. The van der Waals surface area contributed by atoms with E-state index in [0.29, 0.717) is 18.4 Å². The average Bonchev–Trinajstić information content (AvgIpc) is 3.02. The maximum atomic E-state index is 10.2. The molecule has 0 amide bonds. The molecule has 1 unspecified atom stereocenters. The van der Waals surface area contributed by atoms with Crippen LogP contribution in [-0.2, 0) is 0 Å². The molecule has 0 spiro atoms. The van der Waals surface area contributed by atoms with Gasteiger partial charge in [0.05, 0.1) is 7.11 Å². The maximum Gasteiger partial charge on any atom is 0.322 e. The van der Waals surface area contributed by atoms with E-state index >= 15 is 0 Å². The number of aromatic nitrogens is 3. The first-order chi connectivity index (χ1) is 11.8. The normalized spacial score (nSPS) is 16.5. The molecular formula is C16H23N5O2S. The molecule has 130 valence electrons. The number of thiophene rings is 1. The Kier molecular flexibility index (Phi) is 5.81. The third kappa shape index (κ3) is 4.33. The number of nitrogens with one attached hydrogen (secondary N) is 1. The standard InChI is InChI=1S/C16H23N5O2S/c1-23-16-19-14(17-11-12(22)13-7-6-10-24-13)18-15(20-16)21-8-4-2-3-5-9-21/h6-7,10,12,22H,2-5,8-9,11H2,1H3,(H,17,18,19,20). The first-order valence-corrected chi connectivity index (χ1v) is 9.14. The topological polar surface area (TPSA) is 83.4 Å². The number of nitrogens with zero attached hydrogens (tertiary/aromatic N) is 4. The largest absolute Gasteiger partial charge is 0.467 e. The molecule has 0 aromatic carbocycles. The van der Waals surface area contributed by atoms with Gasteiger partial charge in [-0.1, -0.05) is 18.9 Å². The Balaban J connectivity index is 1.71. The highest BCUT2D eigenvalue weighted by atomic mass is 32.1. The van der Waals surface area contributed by atoms with E-state index in [-0.39, 0.29) is 6.01 Å². The third-order valence-electron chi connectivity index (χ3n) is 4.00. The summed E-state index contributed by atoms with van der Waals surface area (Å²) in [6.07, 6.45) is 4.20. The predicted molar refractivity (Wildman–Crippen MR) is 94.8 cm³/mol. The van der Waals surface area contributed by atoms with Gasteiger partial charge in [-0.3, -0.25) is 0 Å². The Morgan fingerprint density at radius 2 is 2.04 bits per heavy atom. The lowest BCUT2D eigenvalue weighted by atomic mass is 10.2. The van der Waals surface area contributed by atoms with Crippen molar-refractivity contribution in [2.24, 2.45) is 0 Å². The van der Waals surface area contributed by atoms with Crippen molar-refractivity contribution in [1.29, 1.82) is 0 Å². The molecule has 2 aromatic rings. The predicted octanol–water partition coefficient (Wildman–Crippen LogP) is 2.47. The SMILES string of the molecule is COc1nc(NCC(O)c2cccs2)nc(N2CCCCCC2)n1. The van der Waals surface area contributed by atoms with Crippen molar-refractivity contribution in [1.82, 2.24) is 15.0 Å². The van der Waals surface area contributed by atoms with Crippen LogP contribution in [-0.4, -0.2) is 46.8 Å². The molecule has 1 aliphatic rings. The van der Waals surface area contributed by atoms with Gasteiger partial charge in [-0.05, 0) is 24.3 Å². The van der Waals surface area contributed by atoms with E-state index in [2.05, 4.69) is 25.2 Å². The Bertz CT molecular complexity index is 629. The lowest BCUT2D eigenvalue weighted by molar-refractivity contribution is 0.195. The average molecular weight is 349 g/mol. The number of ether oxygens (including phenoxy) is 1. The summed E-state index contributed by atoms with van der Waals surface area (Å²) in [7, 11) is 1.55. The van der Waals surface area contributed by atoms with Gasteiger partial charge in [0.2, 0.25) is 11.9 Å². The lowest BCUT2D eigenvalue weighted by Gasteiger charge is -2.21. The molecule has 8 heteroatoms. The molecule has 0 aliphatic carbocycles.